The van der Waals surface area contributed by atoms with Crippen molar-refractivity contribution in [1.82, 2.24) is 0 Å². The summed E-state index contributed by atoms with van der Waals surface area (Å²) in [7, 11) is 0. The van der Waals surface area contributed by atoms with Crippen LogP contribution in [0.4, 0.5) is 0 Å². The largest absolute Gasteiger partial charge is 0.504 e. The van der Waals surface area contributed by atoms with Crippen molar-refractivity contribution in [2.75, 3.05) is 0 Å². The number of aromatic hydroxyl groups is 1. The summed E-state index contributed by atoms with van der Waals surface area (Å²) in [6.07, 6.45) is 0. The minimum Gasteiger partial charge on any atom is -0.504 e. The predicted molar refractivity (Wildman–Crippen MR) is 162 cm³/mol. The number of fused-ring (bicyclic) bond motifs is 3. The van der Waals surface area contributed by atoms with E-state index in [0.29, 0.717) is 5.75 Å². The fraction of sp³-hybridized carbons (Fsp3) is 0.0263. The van der Waals surface area contributed by atoms with Crippen LogP contribution in [0.5, 0.6) is 11.5 Å². The number of rotatable bonds is 4. The van der Waals surface area contributed by atoms with E-state index in [1.807, 2.05) is 91.0 Å². The maximum atomic E-state index is 11.4. The Morgan fingerprint density at radius 2 is 1.05 bits per heavy atom. The van der Waals surface area contributed by atoms with Gasteiger partial charge in [-0.25, -0.2) is 0 Å². The van der Waals surface area contributed by atoms with Crippen LogP contribution < -0.4 is 4.74 Å². The first-order chi connectivity index (χ1) is 19.8. The molecule has 0 saturated heterocycles. The minimum absolute atomic E-state index is 0.114. The van der Waals surface area contributed by atoms with E-state index in [9.17, 15) is 5.11 Å². The molecule has 40 heavy (non-hydrogen) atoms. The summed E-state index contributed by atoms with van der Waals surface area (Å²) in [5.41, 5.74) is 9.56. The van der Waals surface area contributed by atoms with Gasteiger partial charge in [0.05, 0.1) is 5.57 Å². The molecule has 0 radical (unpaired) electrons. The Bertz CT molecular complexity index is 1800. The molecular formula is C38H26O2. The first-order valence-electron chi connectivity index (χ1n) is 13.4. The molecular weight excluding hydrogens is 488 g/mol. The van der Waals surface area contributed by atoms with Crippen molar-refractivity contribution in [2.45, 2.75) is 5.60 Å². The Labute approximate surface area is 233 Å². The van der Waals surface area contributed by atoms with E-state index in [0.717, 1.165) is 49.7 Å². The molecule has 190 valence electrons. The molecule has 0 aliphatic carbocycles. The van der Waals surface area contributed by atoms with Gasteiger partial charge in [-0.05, 0) is 28.0 Å². The number of phenolic OH excluding ortho intramolecular Hbond substituents is 1. The third-order valence-electron chi connectivity index (χ3n) is 7.57. The average molecular weight is 515 g/mol. The molecule has 2 heteroatoms. The lowest BCUT2D eigenvalue weighted by Gasteiger charge is -2.31. The highest BCUT2D eigenvalue weighted by Gasteiger charge is 2.49. The van der Waals surface area contributed by atoms with Crippen molar-refractivity contribution in [3.63, 3.8) is 0 Å². The van der Waals surface area contributed by atoms with E-state index < -0.39 is 5.60 Å². The van der Waals surface area contributed by atoms with Gasteiger partial charge < -0.3 is 9.84 Å². The maximum Gasteiger partial charge on any atom is 0.192 e. The van der Waals surface area contributed by atoms with Crippen molar-refractivity contribution < 1.29 is 9.84 Å². The van der Waals surface area contributed by atoms with Crippen LogP contribution in [-0.4, -0.2) is 5.11 Å². The Kier molecular flexibility index (Phi) is 5.82. The molecule has 0 atom stereocenters. The van der Waals surface area contributed by atoms with Gasteiger partial charge in [0.15, 0.2) is 17.1 Å². The summed E-state index contributed by atoms with van der Waals surface area (Å²) >= 11 is 0. The second-order valence-electron chi connectivity index (χ2n) is 9.94. The summed E-state index contributed by atoms with van der Waals surface area (Å²) in [5.74, 6) is 0.581. The highest BCUT2D eigenvalue weighted by atomic mass is 16.5. The molecule has 0 bridgehead atoms. The summed E-state index contributed by atoms with van der Waals surface area (Å²) in [5, 5.41) is 13.3. The van der Waals surface area contributed by atoms with Gasteiger partial charge in [-0.15, -0.1) is 5.73 Å². The smallest absolute Gasteiger partial charge is 0.192 e. The molecule has 1 heterocycles. The maximum absolute atomic E-state index is 11.4. The van der Waals surface area contributed by atoms with E-state index >= 15 is 0 Å². The van der Waals surface area contributed by atoms with Crippen LogP contribution in [0, 0.1) is 0 Å². The second-order valence-corrected chi connectivity index (χ2v) is 9.94. The molecule has 1 N–H and O–H groups in total. The van der Waals surface area contributed by atoms with Crippen molar-refractivity contribution in [3.8, 4) is 11.5 Å². The van der Waals surface area contributed by atoms with Crippen LogP contribution >= 0.6 is 0 Å². The number of benzene rings is 6. The number of ether oxygens (including phenoxy) is 1. The SMILES string of the molecule is Oc1cc2ccccc2c2c1OC(c1ccccc1)(c1ccccc1)C2=C=C(c1ccccc1)c1ccccc1. The molecule has 1 aliphatic heterocycles. The topological polar surface area (TPSA) is 29.5 Å². The Morgan fingerprint density at radius 3 is 1.60 bits per heavy atom. The van der Waals surface area contributed by atoms with Crippen LogP contribution in [0.1, 0.15) is 27.8 Å². The van der Waals surface area contributed by atoms with Crippen LogP contribution in [-0.2, 0) is 5.60 Å². The zero-order valence-corrected chi connectivity index (χ0v) is 21.8. The summed E-state index contributed by atoms with van der Waals surface area (Å²) in [6, 6.07) is 51.1. The van der Waals surface area contributed by atoms with E-state index in [-0.39, 0.29) is 5.75 Å². The highest BCUT2D eigenvalue weighted by molar-refractivity contribution is 6.04. The summed E-state index contributed by atoms with van der Waals surface area (Å²) in [6.45, 7) is 0. The Balaban J connectivity index is 1.71. The molecule has 0 unspecified atom stereocenters. The third kappa shape index (κ3) is 3.82. The summed E-state index contributed by atoms with van der Waals surface area (Å²) in [4.78, 5) is 0. The van der Waals surface area contributed by atoms with Gasteiger partial charge in [-0.1, -0.05) is 146 Å². The fourth-order valence-corrected chi connectivity index (χ4v) is 5.76. The van der Waals surface area contributed by atoms with Crippen LogP contribution in [0.25, 0.3) is 21.9 Å². The zero-order valence-electron chi connectivity index (χ0n) is 21.8. The van der Waals surface area contributed by atoms with E-state index in [4.69, 9.17) is 4.74 Å². The van der Waals surface area contributed by atoms with E-state index in [2.05, 4.69) is 60.3 Å². The number of hydrogen-bond donors (Lipinski definition) is 1. The zero-order chi connectivity index (χ0) is 26.9. The lowest BCUT2D eigenvalue weighted by Crippen LogP contribution is -2.31. The molecule has 6 aromatic rings. The molecule has 7 rings (SSSR count). The first kappa shape index (κ1) is 23.8. The first-order valence-corrected chi connectivity index (χ1v) is 13.4. The van der Waals surface area contributed by atoms with Gasteiger partial charge in [0, 0.05) is 22.3 Å². The number of phenols is 1. The van der Waals surface area contributed by atoms with Crippen LogP contribution in [0.2, 0.25) is 0 Å². The third-order valence-corrected chi connectivity index (χ3v) is 7.57. The second kappa shape index (κ2) is 9.78. The average Bonchev–Trinajstić information content (AvgIpc) is 3.38. The van der Waals surface area contributed by atoms with Gasteiger partial charge in [0.1, 0.15) is 0 Å². The highest BCUT2D eigenvalue weighted by Crippen LogP contribution is 2.58. The van der Waals surface area contributed by atoms with Gasteiger partial charge in [-0.3, -0.25) is 0 Å². The molecule has 0 saturated carbocycles. The normalized spacial score (nSPS) is 13.3. The van der Waals surface area contributed by atoms with Crippen molar-refractivity contribution in [1.29, 1.82) is 0 Å². The van der Waals surface area contributed by atoms with E-state index in [1.54, 1.807) is 6.07 Å². The molecule has 6 aromatic carbocycles. The van der Waals surface area contributed by atoms with Crippen LogP contribution in [0.3, 0.4) is 0 Å². The number of hydrogen-bond acceptors (Lipinski definition) is 2. The molecule has 0 spiro atoms. The standard InChI is InChI=1S/C38H26O2/c39-35-25-29-19-13-14-24-32(29)36-34(26-33(27-15-5-1-6-16-27)28-17-7-2-8-18-28)38(40-37(35)36,30-20-9-3-10-21-30)31-22-11-4-12-23-31/h1-25,39H. The quantitative estimate of drug-likeness (QED) is 0.238. The summed E-state index contributed by atoms with van der Waals surface area (Å²) < 4.78 is 7.03. The van der Waals surface area contributed by atoms with Gasteiger partial charge in [0.25, 0.3) is 0 Å². The molecule has 0 aromatic heterocycles. The van der Waals surface area contributed by atoms with E-state index in [1.165, 1.54) is 0 Å². The monoisotopic (exact) mass is 514 g/mol. The molecule has 0 fully saturated rings. The van der Waals surface area contributed by atoms with Gasteiger partial charge >= 0.3 is 0 Å². The molecule has 1 aliphatic rings. The van der Waals surface area contributed by atoms with Crippen molar-refractivity contribution >= 4 is 21.9 Å². The molecule has 2 nitrogen and oxygen atoms in total. The molecule has 0 amide bonds. The fourth-order valence-electron chi connectivity index (χ4n) is 5.76. The van der Waals surface area contributed by atoms with Gasteiger partial charge in [-0.2, -0.15) is 0 Å². The van der Waals surface area contributed by atoms with Crippen molar-refractivity contribution in [2.24, 2.45) is 0 Å². The lowest BCUT2D eigenvalue weighted by molar-refractivity contribution is 0.185. The Hall–Kier alpha value is -5.30. The van der Waals surface area contributed by atoms with Crippen molar-refractivity contribution in [3.05, 3.63) is 185 Å². The van der Waals surface area contributed by atoms with Crippen LogP contribution in [0.15, 0.2) is 157 Å². The minimum atomic E-state index is -1.04. The predicted octanol–water partition coefficient (Wildman–Crippen LogP) is 9.00. The van der Waals surface area contributed by atoms with Gasteiger partial charge in [0.2, 0.25) is 0 Å². The lowest BCUT2D eigenvalue weighted by atomic mass is 9.77. The Morgan fingerprint density at radius 1 is 0.575 bits per heavy atom.